The van der Waals surface area contributed by atoms with Crippen LogP contribution in [0.5, 0.6) is 0 Å². The number of nitrogens with one attached hydrogen (secondary N) is 2. The maximum Gasteiger partial charge on any atom is 0.191 e. The topological polar surface area (TPSA) is 42.9 Å². The first-order valence-corrected chi connectivity index (χ1v) is 10.7. The van der Waals surface area contributed by atoms with Crippen LogP contribution in [0, 0.1) is 5.92 Å². The Balaban J connectivity index is 0.00000280. The summed E-state index contributed by atoms with van der Waals surface area (Å²) in [6.45, 7) is 11.4. The lowest BCUT2D eigenvalue weighted by Crippen LogP contribution is -2.46. The molecular weight excluding hydrogens is 461 g/mol. The molecule has 1 aromatic carbocycles. The van der Waals surface area contributed by atoms with Crippen LogP contribution in [0.25, 0.3) is 0 Å². The van der Waals surface area contributed by atoms with Gasteiger partial charge in [-0.2, -0.15) is 0 Å². The molecule has 3 unspecified atom stereocenters. The molecule has 2 N–H and O–H groups in total. The average molecular weight is 499 g/mol. The summed E-state index contributed by atoms with van der Waals surface area (Å²) in [7, 11) is 1.88. The monoisotopic (exact) mass is 499 g/mol. The minimum atomic E-state index is 0. The Hall–Kier alpha value is -0.860. The molecule has 2 aliphatic rings. The second kappa shape index (κ2) is 12.0. The quantitative estimate of drug-likeness (QED) is 0.344. The predicted molar refractivity (Wildman–Crippen MR) is 129 cm³/mol. The molecule has 158 valence electrons. The van der Waals surface area contributed by atoms with Gasteiger partial charge in [0, 0.05) is 45.3 Å². The van der Waals surface area contributed by atoms with E-state index in [4.69, 9.17) is 0 Å². The van der Waals surface area contributed by atoms with Crippen LogP contribution in [0.15, 0.2) is 35.3 Å². The minimum absolute atomic E-state index is 0. The van der Waals surface area contributed by atoms with Crippen LogP contribution >= 0.6 is 24.0 Å². The lowest BCUT2D eigenvalue weighted by atomic mass is 10.1. The number of hydrogen-bond donors (Lipinski definition) is 2. The second-order valence-corrected chi connectivity index (χ2v) is 8.25. The van der Waals surface area contributed by atoms with Crippen molar-refractivity contribution in [2.45, 2.75) is 51.7 Å². The number of likely N-dealkylation sites (tertiary alicyclic amines) is 2. The van der Waals surface area contributed by atoms with Gasteiger partial charge in [0.2, 0.25) is 0 Å². The Morgan fingerprint density at radius 1 is 1.21 bits per heavy atom. The van der Waals surface area contributed by atoms with Gasteiger partial charge in [0.25, 0.3) is 0 Å². The van der Waals surface area contributed by atoms with E-state index in [2.05, 4.69) is 69.6 Å². The molecule has 1 aromatic rings. The van der Waals surface area contributed by atoms with Crippen molar-refractivity contribution in [3.05, 3.63) is 35.9 Å². The minimum Gasteiger partial charge on any atom is -0.356 e. The Kier molecular flexibility index (Phi) is 10.0. The third-order valence-corrected chi connectivity index (χ3v) is 5.96. The summed E-state index contributed by atoms with van der Waals surface area (Å²) in [5.74, 6) is 1.70. The largest absolute Gasteiger partial charge is 0.356 e. The van der Waals surface area contributed by atoms with Gasteiger partial charge in [-0.15, -0.1) is 24.0 Å². The molecule has 3 rings (SSSR count). The van der Waals surface area contributed by atoms with Gasteiger partial charge >= 0.3 is 0 Å². The Morgan fingerprint density at radius 2 is 2.00 bits per heavy atom. The number of hydrogen-bond acceptors (Lipinski definition) is 3. The van der Waals surface area contributed by atoms with E-state index < -0.39 is 0 Å². The number of aliphatic imine (C=N–C) groups is 1. The van der Waals surface area contributed by atoms with Crippen molar-refractivity contribution in [2.24, 2.45) is 10.9 Å². The van der Waals surface area contributed by atoms with Gasteiger partial charge in [-0.25, -0.2) is 0 Å². The summed E-state index contributed by atoms with van der Waals surface area (Å²) in [6.07, 6.45) is 3.72. The van der Waals surface area contributed by atoms with Crippen molar-refractivity contribution in [1.82, 2.24) is 20.4 Å². The fourth-order valence-electron chi connectivity index (χ4n) is 4.47. The molecule has 2 heterocycles. The predicted octanol–water partition coefficient (Wildman–Crippen LogP) is 3.16. The van der Waals surface area contributed by atoms with Crippen LogP contribution in [-0.2, 0) is 6.54 Å². The molecule has 6 heteroatoms. The van der Waals surface area contributed by atoms with Crippen molar-refractivity contribution in [3.8, 4) is 0 Å². The molecular formula is C22H38IN5. The van der Waals surface area contributed by atoms with Gasteiger partial charge in [0.1, 0.15) is 0 Å². The van der Waals surface area contributed by atoms with Gasteiger partial charge in [-0.1, -0.05) is 37.3 Å². The maximum atomic E-state index is 4.46. The Labute approximate surface area is 188 Å². The molecule has 2 saturated heterocycles. The van der Waals surface area contributed by atoms with Crippen LogP contribution in [0.2, 0.25) is 0 Å². The van der Waals surface area contributed by atoms with Crippen LogP contribution < -0.4 is 10.6 Å². The molecule has 0 saturated carbocycles. The highest BCUT2D eigenvalue weighted by atomic mass is 127. The zero-order chi connectivity index (χ0) is 19.1. The normalized spacial score (nSPS) is 26.2. The zero-order valence-corrected chi connectivity index (χ0v) is 20.1. The highest BCUT2D eigenvalue weighted by Crippen LogP contribution is 2.20. The Bertz CT molecular complexity index is 594. The summed E-state index contributed by atoms with van der Waals surface area (Å²) in [5, 5.41) is 7.23. The van der Waals surface area contributed by atoms with Crippen molar-refractivity contribution in [3.63, 3.8) is 0 Å². The molecule has 0 aliphatic carbocycles. The van der Waals surface area contributed by atoms with Gasteiger partial charge in [0.05, 0.1) is 0 Å². The lowest BCUT2D eigenvalue weighted by Gasteiger charge is -2.21. The first kappa shape index (κ1) is 23.4. The van der Waals surface area contributed by atoms with Crippen molar-refractivity contribution in [1.29, 1.82) is 0 Å². The molecule has 2 aliphatic heterocycles. The lowest BCUT2D eigenvalue weighted by molar-refractivity contribution is 0.258. The highest BCUT2D eigenvalue weighted by molar-refractivity contribution is 14.0. The fraction of sp³-hybridized carbons (Fsp3) is 0.682. The fourth-order valence-corrected chi connectivity index (χ4v) is 4.47. The Morgan fingerprint density at radius 3 is 2.71 bits per heavy atom. The summed E-state index contributed by atoms with van der Waals surface area (Å²) in [6, 6.07) is 11.8. The van der Waals surface area contributed by atoms with Crippen molar-refractivity contribution < 1.29 is 0 Å². The van der Waals surface area contributed by atoms with Crippen LogP contribution in [-0.4, -0.2) is 67.6 Å². The number of benzene rings is 1. The second-order valence-electron chi connectivity index (χ2n) is 8.25. The number of halogens is 1. The molecule has 28 heavy (non-hydrogen) atoms. The average Bonchev–Trinajstić information content (AvgIpc) is 3.26. The van der Waals surface area contributed by atoms with E-state index in [-0.39, 0.29) is 24.0 Å². The highest BCUT2D eigenvalue weighted by Gasteiger charge is 2.29. The van der Waals surface area contributed by atoms with E-state index in [0.717, 1.165) is 31.5 Å². The van der Waals surface area contributed by atoms with Crippen LogP contribution in [0.4, 0.5) is 0 Å². The van der Waals surface area contributed by atoms with E-state index in [0.29, 0.717) is 12.1 Å². The van der Waals surface area contributed by atoms with Gasteiger partial charge in [-0.3, -0.25) is 9.89 Å². The standard InChI is InChI=1S/C22H37N5.HI/c1-4-11-26-12-10-20(15-26)14-24-22(23-3)25-21-13-18(2)27(17-21)16-19-8-6-5-7-9-19;/h5-9,18,20-21H,4,10-17H2,1-3H3,(H2,23,24,25);1H. The van der Waals surface area contributed by atoms with E-state index >= 15 is 0 Å². The molecule has 0 bridgehead atoms. The SMILES string of the molecule is CCCN1CCC(CNC(=NC)NC2CC(C)N(Cc3ccccc3)C2)C1.I. The summed E-state index contributed by atoms with van der Waals surface area (Å²) >= 11 is 0. The van der Waals surface area contributed by atoms with Gasteiger partial charge in [-0.05, 0) is 50.8 Å². The first-order chi connectivity index (χ1) is 13.2. The van der Waals surface area contributed by atoms with E-state index in [9.17, 15) is 0 Å². The van der Waals surface area contributed by atoms with E-state index in [1.807, 2.05) is 7.05 Å². The van der Waals surface area contributed by atoms with Crippen LogP contribution in [0.1, 0.15) is 38.7 Å². The molecule has 0 spiro atoms. The molecule has 0 radical (unpaired) electrons. The van der Waals surface area contributed by atoms with Crippen molar-refractivity contribution >= 4 is 29.9 Å². The number of rotatable bonds is 7. The molecule has 3 atom stereocenters. The van der Waals surface area contributed by atoms with Crippen LogP contribution in [0.3, 0.4) is 0 Å². The summed E-state index contributed by atoms with van der Waals surface area (Å²) in [5.41, 5.74) is 1.39. The summed E-state index contributed by atoms with van der Waals surface area (Å²) in [4.78, 5) is 9.62. The van der Waals surface area contributed by atoms with E-state index in [1.165, 1.54) is 44.5 Å². The zero-order valence-electron chi connectivity index (χ0n) is 17.7. The van der Waals surface area contributed by atoms with Crippen molar-refractivity contribution in [2.75, 3.05) is 39.8 Å². The first-order valence-electron chi connectivity index (χ1n) is 10.7. The summed E-state index contributed by atoms with van der Waals surface area (Å²) < 4.78 is 0. The maximum absolute atomic E-state index is 4.46. The third-order valence-electron chi connectivity index (χ3n) is 5.96. The van der Waals surface area contributed by atoms with Gasteiger partial charge in [0.15, 0.2) is 5.96 Å². The van der Waals surface area contributed by atoms with Gasteiger partial charge < -0.3 is 15.5 Å². The number of nitrogens with zero attached hydrogens (tertiary/aromatic N) is 3. The third kappa shape index (κ3) is 6.88. The number of guanidine groups is 1. The molecule has 0 aromatic heterocycles. The van der Waals surface area contributed by atoms with E-state index in [1.54, 1.807) is 0 Å². The smallest absolute Gasteiger partial charge is 0.191 e. The molecule has 0 amide bonds. The molecule has 2 fully saturated rings. The molecule has 5 nitrogen and oxygen atoms in total.